The summed E-state index contributed by atoms with van der Waals surface area (Å²) in [6.45, 7) is 1.87. The molecule has 0 bridgehead atoms. The normalized spacial score (nSPS) is 21.8. The number of benzene rings is 2. The van der Waals surface area contributed by atoms with Crippen molar-refractivity contribution in [3.63, 3.8) is 0 Å². The van der Waals surface area contributed by atoms with Gasteiger partial charge in [0.25, 0.3) is 5.66 Å². The second-order valence-corrected chi connectivity index (χ2v) is 7.39. The van der Waals surface area contributed by atoms with Gasteiger partial charge < -0.3 is 5.32 Å². The average molecular weight is 398 g/mol. The molecule has 1 atom stereocenters. The Hall–Kier alpha value is -2.19. The van der Waals surface area contributed by atoms with E-state index in [1.165, 1.54) is 29.2 Å². The number of fused-ring (bicyclic) bond motifs is 3. The van der Waals surface area contributed by atoms with Crippen molar-refractivity contribution >= 4 is 40.2 Å². The summed E-state index contributed by atoms with van der Waals surface area (Å²) in [6.07, 6.45) is -4.83. The van der Waals surface area contributed by atoms with Crippen LogP contribution in [0.2, 0.25) is 5.02 Å². The van der Waals surface area contributed by atoms with E-state index in [1.807, 2.05) is 13.0 Å². The molecule has 0 aliphatic carbocycles. The highest BCUT2D eigenvalue weighted by Gasteiger charge is 2.61. The first-order valence-corrected chi connectivity index (χ1v) is 8.74. The van der Waals surface area contributed by atoms with Crippen LogP contribution in [0.15, 0.2) is 52.4 Å². The molecule has 2 aliphatic heterocycles. The number of aryl methyl sites for hydroxylation is 1. The SMILES string of the molecule is Cc1ccc2c(c1)SC1=NC(c3ccc(Cl)cc3)(C(F)(F)F)NC(=O)N12. The monoisotopic (exact) mass is 397 g/mol. The van der Waals surface area contributed by atoms with Gasteiger partial charge in [0, 0.05) is 15.5 Å². The van der Waals surface area contributed by atoms with Crippen LogP contribution in [0.4, 0.5) is 23.7 Å². The third-order valence-electron chi connectivity index (χ3n) is 4.18. The number of amides is 2. The fraction of sp³-hybridized carbons (Fsp3) is 0.176. The second kappa shape index (κ2) is 5.65. The lowest BCUT2D eigenvalue weighted by Gasteiger charge is -2.38. The molecule has 4 rings (SSSR count). The van der Waals surface area contributed by atoms with E-state index in [0.717, 1.165) is 17.3 Å². The molecule has 2 aliphatic rings. The lowest BCUT2D eigenvalue weighted by molar-refractivity contribution is -0.195. The smallest absolute Gasteiger partial charge is 0.301 e. The molecule has 1 N–H and O–H groups in total. The molecule has 2 amide bonds. The highest BCUT2D eigenvalue weighted by Crippen LogP contribution is 2.48. The van der Waals surface area contributed by atoms with Crippen molar-refractivity contribution in [2.24, 2.45) is 4.99 Å². The summed E-state index contributed by atoms with van der Waals surface area (Å²) < 4.78 is 42.1. The molecule has 9 heteroatoms. The van der Waals surface area contributed by atoms with Gasteiger partial charge in [0.1, 0.15) is 0 Å². The molecule has 0 spiro atoms. The summed E-state index contributed by atoms with van der Waals surface area (Å²) in [5.74, 6) is 0. The molecule has 1 unspecified atom stereocenters. The number of amidine groups is 1. The number of carbonyl (C=O) groups is 1. The van der Waals surface area contributed by atoms with E-state index in [0.29, 0.717) is 15.6 Å². The summed E-state index contributed by atoms with van der Waals surface area (Å²) in [5.41, 5.74) is -1.60. The van der Waals surface area contributed by atoms with E-state index < -0.39 is 17.9 Å². The first-order valence-electron chi connectivity index (χ1n) is 7.55. The highest BCUT2D eigenvalue weighted by atomic mass is 35.5. The van der Waals surface area contributed by atoms with Gasteiger partial charge in [0.2, 0.25) is 0 Å². The number of nitrogens with zero attached hydrogens (tertiary/aromatic N) is 2. The van der Waals surface area contributed by atoms with Crippen molar-refractivity contribution in [1.82, 2.24) is 5.32 Å². The number of alkyl halides is 3. The van der Waals surface area contributed by atoms with Crippen molar-refractivity contribution in [1.29, 1.82) is 0 Å². The number of hydrogen-bond acceptors (Lipinski definition) is 3. The number of urea groups is 1. The summed E-state index contributed by atoms with van der Waals surface area (Å²) in [4.78, 5) is 18.4. The van der Waals surface area contributed by atoms with E-state index in [1.54, 1.807) is 12.1 Å². The van der Waals surface area contributed by atoms with Crippen molar-refractivity contribution in [3.8, 4) is 0 Å². The Morgan fingerprint density at radius 1 is 1.19 bits per heavy atom. The molecule has 0 aromatic heterocycles. The first-order chi connectivity index (χ1) is 12.2. The number of aliphatic imine (C=N–C) groups is 1. The molecule has 26 heavy (non-hydrogen) atoms. The van der Waals surface area contributed by atoms with Gasteiger partial charge in [-0.2, -0.15) is 13.2 Å². The number of thioether (sulfide) groups is 1. The van der Waals surface area contributed by atoms with E-state index in [2.05, 4.69) is 10.3 Å². The first kappa shape index (κ1) is 17.2. The number of halogens is 4. The maximum atomic E-state index is 14.0. The van der Waals surface area contributed by atoms with E-state index >= 15 is 0 Å². The zero-order chi connectivity index (χ0) is 18.7. The standard InChI is InChI=1S/C17H11ClF3N3OS/c1-9-2-7-12-13(8-9)26-15-23-16(17(19,20)21,22-14(25)24(12)15)10-3-5-11(18)6-4-10/h2-8H,1H3,(H,22,25). The van der Waals surface area contributed by atoms with Gasteiger partial charge in [-0.25, -0.2) is 14.7 Å². The molecule has 2 aromatic rings. The van der Waals surface area contributed by atoms with Crippen molar-refractivity contribution in [2.75, 3.05) is 4.90 Å². The Balaban J connectivity index is 1.89. The maximum Gasteiger partial charge on any atom is 0.436 e. The van der Waals surface area contributed by atoms with Crippen LogP contribution in [0.25, 0.3) is 0 Å². The highest BCUT2D eigenvalue weighted by molar-refractivity contribution is 8.15. The van der Waals surface area contributed by atoms with E-state index in [9.17, 15) is 18.0 Å². The molecule has 0 fully saturated rings. The quantitative estimate of drug-likeness (QED) is 0.731. The minimum absolute atomic E-state index is 0.0124. The molecular formula is C17H11ClF3N3OS. The molecule has 0 saturated heterocycles. The molecular weight excluding hydrogens is 387 g/mol. The van der Waals surface area contributed by atoms with E-state index in [4.69, 9.17) is 11.6 Å². The summed E-state index contributed by atoms with van der Waals surface area (Å²) in [6, 6.07) is 9.53. The predicted octanol–water partition coefficient (Wildman–Crippen LogP) is 5.06. The molecule has 2 heterocycles. The van der Waals surface area contributed by atoms with Gasteiger partial charge in [-0.15, -0.1) is 0 Å². The van der Waals surface area contributed by atoms with Crippen LogP contribution in [0.1, 0.15) is 11.1 Å². The van der Waals surface area contributed by atoms with Crippen LogP contribution in [0.5, 0.6) is 0 Å². The zero-order valence-corrected chi connectivity index (χ0v) is 14.8. The van der Waals surface area contributed by atoms with Crippen LogP contribution in [0, 0.1) is 6.92 Å². The van der Waals surface area contributed by atoms with Crippen LogP contribution < -0.4 is 10.2 Å². The molecule has 2 aromatic carbocycles. The Bertz CT molecular complexity index is 945. The lowest BCUT2D eigenvalue weighted by atomic mass is 9.98. The summed E-state index contributed by atoms with van der Waals surface area (Å²) in [7, 11) is 0. The minimum atomic E-state index is -4.83. The lowest BCUT2D eigenvalue weighted by Crippen LogP contribution is -2.62. The molecule has 0 saturated carbocycles. The number of carbonyl (C=O) groups excluding carboxylic acids is 1. The third-order valence-corrected chi connectivity index (χ3v) is 5.43. The van der Waals surface area contributed by atoms with Gasteiger partial charge in [0.05, 0.1) is 5.69 Å². The zero-order valence-electron chi connectivity index (χ0n) is 13.3. The average Bonchev–Trinajstić information content (AvgIpc) is 2.91. The Morgan fingerprint density at radius 2 is 1.88 bits per heavy atom. The largest absolute Gasteiger partial charge is 0.436 e. The van der Waals surface area contributed by atoms with Gasteiger partial charge in [-0.05, 0) is 48.5 Å². The summed E-state index contributed by atoms with van der Waals surface area (Å²) >= 11 is 6.83. The third kappa shape index (κ3) is 2.47. The molecule has 4 nitrogen and oxygen atoms in total. The van der Waals surface area contributed by atoms with Crippen LogP contribution >= 0.6 is 23.4 Å². The van der Waals surface area contributed by atoms with Crippen molar-refractivity contribution in [2.45, 2.75) is 23.7 Å². The van der Waals surface area contributed by atoms with Crippen LogP contribution in [-0.4, -0.2) is 17.4 Å². The second-order valence-electron chi connectivity index (χ2n) is 5.95. The maximum absolute atomic E-state index is 14.0. The number of nitrogens with one attached hydrogen (secondary N) is 1. The van der Waals surface area contributed by atoms with Crippen LogP contribution in [-0.2, 0) is 5.66 Å². The molecule has 0 radical (unpaired) electrons. The van der Waals surface area contributed by atoms with Gasteiger partial charge in [0.15, 0.2) is 5.17 Å². The predicted molar refractivity (Wildman–Crippen MR) is 94.7 cm³/mol. The Morgan fingerprint density at radius 3 is 2.54 bits per heavy atom. The Kier molecular flexibility index (Phi) is 3.75. The van der Waals surface area contributed by atoms with Crippen molar-refractivity contribution in [3.05, 3.63) is 58.6 Å². The Labute approximate surface area is 156 Å². The number of hydrogen-bond donors (Lipinski definition) is 1. The van der Waals surface area contributed by atoms with Crippen molar-refractivity contribution < 1.29 is 18.0 Å². The fourth-order valence-corrected chi connectivity index (χ4v) is 4.20. The van der Waals surface area contributed by atoms with Crippen LogP contribution in [0.3, 0.4) is 0 Å². The van der Waals surface area contributed by atoms with E-state index in [-0.39, 0.29) is 10.7 Å². The number of rotatable bonds is 1. The summed E-state index contributed by atoms with van der Waals surface area (Å²) in [5, 5.41) is 2.33. The topological polar surface area (TPSA) is 44.7 Å². The van der Waals surface area contributed by atoms with Gasteiger partial charge >= 0.3 is 12.2 Å². The van der Waals surface area contributed by atoms with Gasteiger partial charge in [-0.3, -0.25) is 0 Å². The fourth-order valence-electron chi connectivity index (χ4n) is 2.91. The number of anilines is 1. The van der Waals surface area contributed by atoms with Gasteiger partial charge in [-0.1, -0.05) is 29.8 Å². The molecule has 134 valence electrons. The minimum Gasteiger partial charge on any atom is -0.301 e.